The molecule has 3 rings (SSSR count). The van der Waals surface area contributed by atoms with Crippen LogP contribution >= 0.6 is 15.9 Å². The third kappa shape index (κ3) is 3.38. The number of fused-ring (bicyclic) bond motifs is 1. The van der Waals surface area contributed by atoms with Crippen LogP contribution in [-0.4, -0.2) is 28.3 Å². The van der Waals surface area contributed by atoms with Crippen molar-refractivity contribution < 1.29 is 16.8 Å². The molecule has 126 valence electrons. The molecule has 1 heterocycles. The molecular formula is C15H13BrN2O4S2. The lowest BCUT2D eigenvalue weighted by atomic mass is 10.1. The second kappa shape index (κ2) is 6.30. The van der Waals surface area contributed by atoms with E-state index in [-0.39, 0.29) is 22.0 Å². The van der Waals surface area contributed by atoms with Crippen LogP contribution in [0.5, 0.6) is 0 Å². The Kier molecular flexibility index (Phi) is 4.50. The van der Waals surface area contributed by atoms with Gasteiger partial charge in [0.15, 0.2) is 9.84 Å². The van der Waals surface area contributed by atoms with Crippen LogP contribution in [0.2, 0.25) is 0 Å². The van der Waals surface area contributed by atoms with E-state index < -0.39 is 19.9 Å². The number of hydrogen-bond acceptors (Lipinski definition) is 5. The molecule has 0 atom stereocenters. The summed E-state index contributed by atoms with van der Waals surface area (Å²) in [5.41, 5.74) is 0.836. The van der Waals surface area contributed by atoms with Gasteiger partial charge in [0.1, 0.15) is 0 Å². The monoisotopic (exact) mass is 428 g/mol. The zero-order valence-corrected chi connectivity index (χ0v) is 15.5. The van der Waals surface area contributed by atoms with E-state index in [1.165, 1.54) is 18.2 Å². The summed E-state index contributed by atoms with van der Waals surface area (Å²) in [6.07, 6.45) is 0.155. The number of halogens is 1. The summed E-state index contributed by atoms with van der Waals surface area (Å²) in [6, 6.07) is 12.6. The highest BCUT2D eigenvalue weighted by molar-refractivity contribution is 9.10. The van der Waals surface area contributed by atoms with Crippen molar-refractivity contribution in [3.63, 3.8) is 0 Å². The Labute approximate surface area is 148 Å². The highest BCUT2D eigenvalue weighted by atomic mass is 79.9. The number of sulfone groups is 1. The molecule has 24 heavy (non-hydrogen) atoms. The van der Waals surface area contributed by atoms with E-state index >= 15 is 0 Å². The van der Waals surface area contributed by atoms with Crippen LogP contribution in [0.25, 0.3) is 0 Å². The molecule has 0 fully saturated rings. The molecule has 1 aliphatic heterocycles. The maximum absolute atomic E-state index is 12.3. The first-order chi connectivity index (χ1) is 11.3. The Morgan fingerprint density at radius 2 is 1.71 bits per heavy atom. The van der Waals surface area contributed by atoms with Gasteiger partial charge in [-0.15, -0.1) is 0 Å². The predicted octanol–water partition coefficient (Wildman–Crippen LogP) is 2.31. The standard InChI is InChI=1S/C15H13BrN2O4S2/c16-11-5-7-12(8-6-11)24(21,22)18-17-14-9-10-23(19,20)15-4-2-1-3-13(14)15/h1-8,18H,9-10H2/b17-14+. The lowest BCUT2D eigenvalue weighted by Crippen LogP contribution is -2.26. The SMILES string of the molecule is O=S1(=O)CC/C(=N\NS(=O)(=O)c2ccc(Br)cc2)c2ccccc21. The van der Waals surface area contributed by atoms with Crippen molar-refractivity contribution in [3.05, 3.63) is 58.6 Å². The number of hydrazone groups is 1. The van der Waals surface area contributed by atoms with E-state index in [0.717, 1.165) is 4.47 Å². The molecule has 0 amide bonds. The first kappa shape index (κ1) is 17.1. The highest BCUT2D eigenvalue weighted by Crippen LogP contribution is 2.25. The summed E-state index contributed by atoms with van der Waals surface area (Å²) in [4.78, 5) is 2.44. The van der Waals surface area contributed by atoms with Crippen LogP contribution in [0.15, 0.2) is 67.9 Å². The number of nitrogens with zero attached hydrogens (tertiary/aromatic N) is 1. The Morgan fingerprint density at radius 1 is 1.04 bits per heavy atom. The maximum atomic E-state index is 12.3. The van der Waals surface area contributed by atoms with Gasteiger partial charge in [-0.25, -0.2) is 8.42 Å². The number of hydrogen-bond donors (Lipinski definition) is 1. The summed E-state index contributed by atoms with van der Waals surface area (Å²) < 4.78 is 49.5. The minimum absolute atomic E-state index is 0.0757. The number of rotatable bonds is 3. The van der Waals surface area contributed by atoms with Gasteiger partial charge in [-0.1, -0.05) is 34.1 Å². The lowest BCUT2D eigenvalue weighted by molar-refractivity contribution is 0.584. The third-order valence-corrected chi connectivity index (χ3v) is 7.09. The van der Waals surface area contributed by atoms with Gasteiger partial charge >= 0.3 is 0 Å². The zero-order valence-electron chi connectivity index (χ0n) is 12.3. The Bertz CT molecular complexity index is 1010. The molecule has 1 aliphatic rings. The lowest BCUT2D eigenvalue weighted by Gasteiger charge is -2.18. The molecule has 0 bridgehead atoms. The van der Waals surface area contributed by atoms with Gasteiger partial charge in [0, 0.05) is 16.5 Å². The largest absolute Gasteiger partial charge is 0.276 e. The average Bonchev–Trinajstić information content (AvgIpc) is 2.55. The first-order valence-corrected chi connectivity index (χ1v) is 10.9. The normalized spacial score (nSPS) is 18.1. The number of sulfonamides is 1. The molecule has 0 radical (unpaired) electrons. The molecule has 0 saturated carbocycles. The van der Waals surface area contributed by atoms with Crippen molar-refractivity contribution in [1.82, 2.24) is 4.83 Å². The minimum atomic E-state index is -3.82. The third-order valence-electron chi connectivity index (χ3n) is 3.57. The van der Waals surface area contributed by atoms with E-state index in [2.05, 4.69) is 25.9 Å². The Morgan fingerprint density at radius 3 is 2.42 bits per heavy atom. The van der Waals surface area contributed by atoms with Gasteiger partial charge in [-0.2, -0.15) is 18.4 Å². The van der Waals surface area contributed by atoms with Crippen molar-refractivity contribution in [1.29, 1.82) is 0 Å². The van der Waals surface area contributed by atoms with E-state index in [9.17, 15) is 16.8 Å². The molecule has 6 nitrogen and oxygen atoms in total. The minimum Gasteiger partial charge on any atom is -0.224 e. The summed E-state index contributed by atoms with van der Waals surface area (Å²) in [5, 5.41) is 3.96. The van der Waals surface area contributed by atoms with Crippen LogP contribution in [0.3, 0.4) is 0 Å². The summed E-state index contributed by atoms with van der Waals surface area (Å²) >= 11 is 3.24. The van der Waals surface area contributed by atoms with E-state index in [1.54, 1.807) is 30.3 Å². The molecule has 0 aromatic heterocycles. The fourth-order valence-electron chi connectivity index (χ4n) is 2.35. The van der Waals surface area contributed by atoms with Gasteiger partial charge in [-0.05, 0) is 30.3 Å². The fourth-order valence-corrected chi connectivity index (χ4v) is 4.93. The molecule has 0 aliphatic carbocycles. The van der Waals surface area contributed by atoms with Crippen molar-refractivity contribution in [2.45, 2.75) is 16.2 Å². The highest BCUT2D eigenvalue weighted by Gasteiger charge is 2.27. The van der Waals surface area contributed by atoms with Gasteiger partial charge in [0.25, 0.3) is 10.0 Å². The smallest absolute Gasteiger partial charge is 0.224 e. The van der Waals surface area contributed by atoms with Crippen LogP contribution in [0.1, 0.15) is 12.0 Å². The topological polar surface area (TPSA) is 92.7 Å². The predicted molar refractivity (Wildman–Crippen MR) is 94.1 cm³/mol. The Balaban J connectivity index is 1.94. The van der Waals surface area contributed by atoms with Crippen molar-refractivity contribution in [2.24, 2.45) is 5.10 Å². The fraction of sp³-hybridized carbons (Fsp3) is 0.133. The maximum Gasteiger partial charge on any atom is 0.276 e. The number of benzene rings is 2. The second-order valence-corrected chi connectivity index (χ2v) is 9.83. The van der Waals surface area contributed by atoms with Gasteiger partial charge in [-0.3, -0.25) is 0 Å². The molecule has 2 aromatic carbocycles. The van der Waals surface area contributed by atoms with Crippen LogP contribution in [0, 0.1) is 0 Å². The van der Waals surface area contributed by atoms with Crippen LogP contribution < -0.4 is 4.83 Å². The zero-order chi connectivity index (χ0) is 17.4. The van der Waals surface area contributed by atoms with E-state index in [1.807, 2.05) is 0 Å². The van der Waals surface area contributed by atoms with Crippen molar-refractivity contribution in [2.75, 3.05) is 5.75 Å². The van der Waals surface area contributed by atoms with Gasteiger partial charge in [0.05, 0.1) is 21.3 Å². The number of nitrogens with one attached hydrogen (secondary N) is 1. The van der Waals surface area contributed by atoms with Crippen molar-refractivity contribution >= 4 is 41.5 Å². The second-order valence-electron chi connectivity index (χ2n) is 5.17. The molecule has 9 heteroatoms. The summed E-state index contributed by atoms with van der Waals surface area (Å²) in [5.74, 6) is -0.0944. The molecule has 2 aromatic rings. The first-order valence-electron chi connectivity index (χ1n) is 6.96. The van der Waals surface area contributed by atoms with Crippen molar-refractivity contribution in [3.8, 4) is 0 Å². The molecule has 1 N–H and O–H groups in total. The average molecular weight is 429 g/mol. The Hall–Kier alpha value is -1.71. The summed E-state index contributed by atoms with van der Waals surface area (Å²) in [6.45, 7) is 0. The van der Waals surface area contributed by atoms with Gasteiger partial charge in [0.2, 0.25) is 0 Å². The summed E-state index contributed by atoms with van der Waals surface area (Å²) in [7, 11) is -7.16. The molecular weight excluding hydrogens is 416 g/mol. The van der Waals surface area contributed by atoms with Gasteiger partial charge < -0.3 is 0 Å². The van der Waals surface area contributed by atoms with Crippen LogP contribution in [-0.2, 0) is 19.9 Å². The van der Waals surface area contributed by atoms with E-state index in [4.69, 9.17) is 0 Å². The van der Waals surface area contributed by atoms with E-state index in [0.29, 0.717) is 11.3 Å². The quantitative estimate of drug-likeness (QED) is 0.758. The molecule has 0 spiro atoms. The molecule has 0 unspecified atom stereocenters. The van der Waals surface area contributed by atoms with Crippen LogP contribution in [0.4, 0.5) is 0 Å². The molecule has 0 saturated heterocycles.